The Bertz CT molecular complexity index is 509. The fourth-order valence-corrected chi connectivity index (χ4v) is 1.34. The molecule has 0 amide bonds. The van der Waals surface area contributed by atoms with E-state index >= 15 is 0 Å². The van der Waals surface area contributed by atoms with Crippen LogP contribution < -0.4 is 0 Å². The minimum Gasteiger partial charge on any atom is -0.262 e. The summed E-state index contributed by atoms with van der Waals surface area (Å²) in [6.07, 6.45) is 3.33. The summed E-state index contributed by atoms with van der Waals surface area (Å²) in [7, 11) is 0. The van der Waals surface area contributed by atoms with Crippen molar-refractivity contribution in [2.75, 3.05) is 0 Å². The van der Waals surface area contributed by atoms with Crippen molar-refractivity contribution < 1.29 is 0 Å². The van der Waals surface area contributed by atoms with E-state index in [-0.39, 0.29) is 0 Å². The first kappa shape index (κ1) is 9.35. The molecule has 0 unspecified atom stereocenters. The Morgan fingerprint density at radius 1 is 1.20 bits per heavy atom. The Morgan fingerprint density at radius 2 is 2.07 bits per heavy atom. The number of aryl methyl sites for hydroxylation is 1. The van der Waals surface area contributed by atoms with Crippen molar-refractivity contribution in [1.82, 2.24) is 9.97 Å². The van der Waals surface area contributed by atoms with Crippen LogP contribution in [-0.2, 0) is 0 Å². The number of nitriles is 1. The monoisotopic (exact) mass is 195 g/mol. The third-order valence-corrected chi connectivity index (χ3v) is 2.09. The quantitative estimate of drug-likeness (QED) is 0.701. The smallest absolute Gasteiger partial charge is 0.101 e. The van der Waals surface area contributed by atoms with Gasteiger partial charge in [0.2, 0.25) is 0 Å². The average molecular weight is 195 g/mol. The third-order valence-electron chi connectivity index (χ3n) is 2.09. The minimum atomic E-state index is 0.574. The van der Waals surface area contributed by atoms with Gasteiger partial charge in [-0.2, -0.15) is 5.26 Å². The summed E-state index contributed by atoms with van der Waals surface area (Å²) in [6, 6.07) is 9.52. The number of rotatable bonds is 1. The van der Waals surface area contributed by atoms with Gasteiger partial charge in [-0.25, -0.2) is 0 Å². The summed E-state index contributed by atoms with van der Waals surface area (Å²) >= 11 is 0. The molecule has 0 saturated heterocycles. The predicted octanol–water partition coefficient (Wildman–Crippen LogP) is 2.32. The first-order valence-electron chi connectivity index (χ1n) is 4.59. The lowest BCUT2D eigenvalue weighted by Crippen LogP contribution is -1.86. The van der Waals surface area contributed by atoms with Crippen molar-refractivity contribution >= 4 is 0 Å². The molecule has 3 heteroatoms. The van der Waals surface area contributed by atoms with Crippen LogP contribution in [0.15, 0.2) is 36.7 Å². The predicted molar refractivity (Wildman–Crippen MR) is 56.9 cm³/mol. The molecule has 0 N–H and O–H groups in total. The molecule has 0 atom stereocenters. The Labute approximate surface area is 88.1 Å². The second-order valence-electron chi connectivity index (χ2n) is 3.23. The number of hydrogen-bond acceptors (Lipinski definition) is 3. The Kier molecular flexibility index (Phi) is 2.42. The van der Waals surface area contributed by atoms with E-state index in [1.807, 2.05) is 31.2 Å². The standard InChI is InChI=1S/C12H9N3/c1-9-6-11(4-5-14-9)12-3-2-10(7-13)8-15-12/h2-6,8H,1H3. The molecule has 0 aliphatic carbocycles. The van der Waals surface area contributed by atoms with Crippen LogP contribution in [0.3, 0.4) is 0 Å². The van der Waals surface area contributed by atoms with Crippen LogP contribution in [0.1, 0.15) is 11.3 Å². The topological polar surface area (TPSA) is 49.6 Å². The molecule has 2 rings (SSSR count). The highest BCUT2D eigenvalue weighted by Gasteiger charge is 1.99. The van der Waals surface area contributed by atoms with Gasteiger partial charge in [-0.05, 0) is 31.2 Å². The maximum Gasteiger partial charge on any atom is 0.101 e. The van der Waals surface area contributed by atoms with Crippen LogP contribution in [0.5, 0.6) is 0 Å². The molecule has 2 aromatic rings. The van der Waals surface area contributed by atoms with Gasteiger partial charge in [-0.1, -0.05) is 0 Å². The van der Waals surface area contributed by atoms with Crippen LogP contribution in [-0.4, -0.2) is 9.97 Å². The highest BCUT2D eigenvalue weighted by atomic mass is 14.7. The van der Waals surface area contributed by atoms with Gasteiger partial charge in [-0.3, -0.25) is 9.97 Å². The summed E-state index contributed by atoms with van der Waals surface area (Å²) in [5.74, 6) is 0. The Hall–Kier alpha value is -2.21. The van der Waals surface area contributed by atoms with Crippen molar-refractivity contribution in [3.05, 3.63) is 47.9 Å². The van der Waals surface area contributed by atoms with Crippen LogP contribution in [0.25, 0.3) is 11.3 Å². The van der Waals surface area contributed by atoms with E-state index in [1.54, 1.807) is 18.5 Å². The number of hydrogen-bond donors (Lipinski definition) is 0. The van der Waals surface area contributed by atoms with Gasteiger partial charge in [0.05, 0.1) is 11.3 Å². The highest BCUT2D eigenvalue weighted by Crippen LogP contribution is 2.16. The molecule has 0 aliphatic heterocycles. The SMILES string of the molecule is Cc1cc(-c2ccc(C#N)cn2)ccn1. The fraction of sp³-hybridized carbons (Fsp3) is 0.0833. The van der Waals surface area contributed by atoms with Crippen LogP contribution in [0.4, 0.5) is 0 Å². The van der Waals surface area contributed by atoms with Gasteiger partial charge in [-0.15, -0.1) is 0 Å². The summed E-state index contributed by atoms with van der Waals surface area (Å²) in [5, 5.41) is 8.64. The van der Waals surface area contributed by atoms with Crippen molar-refractivity contribution in [2.24, 2.45) is 0 Å². The van der Waals surface area contributed by atoms with E-state index in [1.165, 1.54) is 0 Å². The Morgan fingerprint density at radius 3 is 2.67 bits per heavy atom. The second kappa shape index (κ2) is 3.89. The zero-order valence-electron chi connectivity index (χ0n) is 8.31. The Balaban J connectivity index is 2.42. The molecule has 0 aliphatic rings. The molecule has 0 bridgehead atoms. The summed E-state index contributed by atoms with van der Waals surface area (Å²) in [6.45, 7) is 1.94. The van der Waals surface area contributed by atoms with Gasteiger partial charge in [0.1, 0.15) is 6.07 Å². The number of nitrogens with zero attached hydrogens (tertiary/aromatic N) is 3. The lowest BCUT2D eigenvalue weighted by atomic mass is 10.1. The number of pyridine rings is 2. The first-order valence-corrected chi connectivity index (χ1v) is 4.59. The second-order valence-corrected chi connectivity index (χ2v) is 3.23. The molecule has 0 radical (unpaired) electrons. The molecule has 15 heavy (non-hydrogen) atoms. The van der Waals surface area contributed by atoms with Gasteiger partial charge in [0, 0.05) is 23.7 Å². The molecule has 2 aromatic heterocycles. The molecule has 3 nitrogen and oxygen atoms in total. The van der Waals surface area contributed by atoms with Crippen LogP contribution in [0, 0.1) is 18.3 Å². The van der Waals surface area contributed by atoms with Crippen LogP contribution in [0.2, 0.25) is 0 Å². The fourth-order valence-electron chi connectivity index (χ4n) is 1.34. The maximum absolute atomic E-state index is 8.64. The van der Waals surface area contributed by atoms with Crippen molar-refractivity contribution in [3.8, 4) is 17.3 Å². The van der Waals surface area contributed by atoms with Crippen LogP contribution >= 0.6 is 0 Å². The normalized spacial score (nSPS) is 9.60. The maximum atomic E-state index is 8.64. The summed E-state index contributed by atoms with van der Waals surface area (Å²) < 4.78 is 0. The van der Waals surface area contributed by atoms with E-state index < -0.39 is 0 Å². The van der Waals surface area contributed by atoms with E-state index in [9.17, 15) is 0 Å². The van der Waals surface area contributed by atoms with E-state index in [0.717, 1.165) is 17.0 Å². The zero-order chi connectivity index (χ0) is 10.7. The average Bonchev–Trinajstić information content (AvgIpc) is 2.29. The molecular formula is C12H9N3. The summed E-state index contributed by atoms with van der Waals surface area (Å²) in [5.41, 5.74) is 3.41. The van der Waals surface area contributed by atoms with E-state index in [4.69, 9.17) is 5.26 Å². The molecule has 0 spiro atoms. The molecule has 2 heterocycles. The first-order chi connectivity index (χ1) is 7.29. The highest BCUT2D eigenvalue weighted by molar-refractivity contribution is 5.59. The summed E-state index contributed by atoms with van der Waals surface area (Å²) in [4.78, 5) is 8.33. The van der Waals surface area contributed by atoms with Crippen molar-refractivity contribution in [3.63, 3.8) is 0 Å². The van der Waals surface area contributed by atoms with Crippen molar-refractivity contribution in [2.45, 2.75) is 6.92 Å². The largest absolute Gasteiger partial charge is 0.262 e. The van der Waals surface area contributed by atoms with Crippen molar-refractivity contribution in [1.29, 1.82) is 5.26 Å². The molecule has 0 aromatic carbocycles. The van der Waals surface area contributed by atoms with Gasteiger partial charge in [0.15, 0.2) is 0 Å². The molecule has 72 valence electrons. The lowest BCUT2D eigenvalue weighted by Gasteiger charge is -2.00. The van der Waals surface area contributed by atoms with Gasteiger partial charge < -0.3 is 0 Å². The minimum absolute atomic E-state index is 0.574. The lowest BCUT2D eigenvalue weighted by molar-refractivity contribution is 1.19. The molecule has 0 saturated carbocycles. The molecule has 0 fully saturated rings. The van der Waals surface area contributed by atoms with E-state index in [0.29, 0.717) is 5.56 Å². The molecular weight excluding hydrogens is 186 g/mol. The third kappa shape index (κ3) is 2.00. The van der Waals surface area contributed by atoms with Gasteiger partial charge in [0.25, 0.3) is 0 Å². The zero-order valence-corrected chi connectivity index (χ0v) is 8.31. The van der Waals surface area contributed by atoms with Gasteiger partial charge >= 0.3 is 0 Å². The number of aromatic nitrogens is 2. The van der Waals surface area contributed by atoms with E-state index in [2.05, 4.69) is 9.97 Å².